The van der Waals surface area contributed by atoms with Crippen molar-refractivity contribution in [1.29, 1.82) is 0 Å². The number of nitrogens with zero attached hydrogens (tertiary/aromatic N) is 2. The van der Waals surface area contributed by atoms with Crippen LogP contribution in [0, 0.1) is 0 Å². The van der Waals surface area contributed by atoms with Gasteiger partial charge in [0.15, 0.2) is 0 Å². The van der Waals surface area contributed by atoms with Gasteiger partial charge in [-0.05, 0) is 52.7 Å². The van der Waals surface area contributed by atoms with E-state index < -0.39 is 35.1 Å². The highest BCUT2D eigenvalue weighted by atomic mass is 16.7. The van der Waals surface area contributed by atoms with Gasteiger partial charge in [-0.2, -0.15) is 0 Å². The molecule has 2 aromatic rings. The molecule has 0 saturated carbocycles. The number of carbonyl (C=O) groups excluding carboxylic acids is 4. The average molecular weight is 611 g/mol. The molecule has 0 saturated heterocycles. The topological polar surface area (TPSA) is 217 Å². The molecule has 0 bridgehead atoms. The summed E-state index contributed by atoms with van der Waals surface area (Å²) in [6.45, 7) is 7.58. The van der Waals surface area contributed by atoms with Crippen molar-refractivity contribution in [2.45, 2.75) is 90.3 Å². The molecule has 0 amide bonds. The van der Waals surface area contributed by atoms with Crippen LogP contribution in [-0.2, 0) is 33.4 Å². The average Bonchev–Trinajstić information content (AvgIpc) is 3.38. The number of anilines is 2. The monoisotopic (exact) mass is 610 g/mol. The predicted octanol–water partition coefficient (Wildman–Crippen LogP) is 2.26. The number of rotatable bonds is 18. The van der Waals surface area contributed by atoms with Crippen LogP contribution < -0.4 is 21.1 Å². The van der Waals surface area contributed by atoms with Gasteiger partial charge < -0.3 is 45.6 Å². The van der Waals surface area contributed by atoms with Gasteiger partial charge in [-0.3, -0.25) is 9.59 Å². The Morgan fingerprint density at radius 2 is 1.12 bits per heavy atom. The van der Waals surface area contributed by atoms with Crippen LogP contribution in [0.5, 0.6) is 11.8 Å². The van der Waals surface area contributed by atoms with Gasteiger partial charge in [-0.25, -0.2) is 9.59 Å². The molecule has 0 fully saturated rings. The summed E-state index contributed by atoms with van der Waals surface area (Å²) < 4.78 is 18.3. The van der Waals surface area contributed by atoms with E-state index >= 15 is 0 Å². The van der Waals surface area contributed by atoms with Crippen molar-refractivity contribution in [3.63, 3.8) is 0 Å². The number of carbonyl (C=O) groups is 4. The standard InChI is InChI=1S/C28H42N4O11/c1-27(2,15-17-39-23(35)7-5-9-25(37)42-31-19(29)11-13-21(31)33)40-18-16-28(3,4)41-24(36)8-6-10-26(38)43-32-20(30)12-14-22(32)34/h11-14,33-34H,5-10,15-18,29-30H2,1-4H3. The van der Waals surface area contributed by atoms with Gasteiger partial charge in [0, 0.05) is 50.7 Å². The molecule has 0 aliphatic rings. The smallest absolute Gasteiger partial charge is 0.333 e. The predicted molar refractivity (Wildman–Crippen MR) is 152 cm³/mol. The van der Waals surface area contributed by atoms with Crippen LogP contribution in [0.2, 0.25) is 0 Å². The first kappa shape index (κ1) is 34.8. The summed E-state index contributed by atoms with van der Waals surface area (Å²) in [6.07, 6.45) is 1.07. The molecular formula is C28H42N4O11. The lowest BCUT2D eigenvalue weighted by Crippen LogP contribution is -2.33. The maximum Gasteiger partial charge on any atom is 0.333 e. The zero-order valence-electron chi connectivity index (χ0n) is 25.0. The Balaban J connectivity index is 1.57. The first-order valence-electron chi connectivity index (χ1n) is 13.8. The van der Waals surface area contributed by atoms with E-state index in [1.165, 1.54) is 24.3 Å². The largest absolute Gasteiger partial charge is 0.492 e. The quantitative estimate of drug-likeness (QED) is 0.178. The summed E-state index contributed by atoms with van der Waals surface area (Å²) in [7, 11) is 0. The summed E-state index contributed by atoms with van der Waals surface area (Å²) in [6, 6.07) is 5.33. The lowest BCUT2D eigenvalue weighted by Gasteiger charge is -2.29. The van der Waals surface area contributed by atoms with Crippen LogP contribution in [0.1, 0.15) is 79.1 Å². The number of nitrogens with two attached hydrogens (primary N) is 2. The van der Waals surface area contributed by atoms with Gasteiger partial charge in [0.1, 0.15) is 17.2 Å². The van der Waals surface area contributed by atoms with E-state index in [9.17, 15) is 29.4 Å². The minimum Gasteiger partial charge on any atom is -0.492 e. The Morgan fingerprint density at radius 3 is 1.58 bits per heavy atom. The van der Waals surface area contributed by atoms with Gasteiger partial charge >= 0.3 is 23.9 Å². The second-order valence-corrected chi connectivity index (χ2v) is 11.0. The third-order valence-electron chi connectivity index (χ3n) is 6.16. The van der Waals surface area contributed by atoms with E-state index in [-0.39, 0.29) is 75.1 Å². The molecule has 0 aliphatic carbocycles. The van der Waals surface area contributed by atoms with Crippen molar-refractivity contribution >= 4 is 35.5 Å². The summed E-state index contributed by atoms with van der Waals surface area (Å²) in [5.41, 5.74) is 9.71. The number of ether oxygens (including phenoxy) is 3. The molecule has 15 nitrogen and oxygen atoms in total. The van der Waals surface area contributed by atoms with Crippen molar-refractivity contribution in [1.82, 2.24) is 9.46 Å². The van der Waals surface area contributed by atoms with Crippen molar-refractivity contribution in [3.8, 4) is 11.8 Å². The van der Waals surface area contributed by atoms with E-state index in [4.69, 9.17) is 35.4 Å². The second-order valence-electron chi connectivity index (χ2n) is 11.0. The highest BCUT2D eigenvalue weighted by Crippen LogP contribution is 2.21. The molecule has 0 radical (unpaired) electrons. The fourth-order valence-electron chi connectivity index (χ4n) is 3.64. The van der Waals surface area contributed by atoms with Crippen LogP contribution in [0.4, 0.5) is 11.6 Å². The zero-order chi connectivity index (χ0) is 32.2. The van der Waals surface area contributed by atoms with Gasteiger partial charge in [0.05, 0.1) is 18.8 Å². The first-order valence-corrected chi connectivity index (χ1v) is 13.8. The molecule has 0 spiro atoms. The Kier molecular flexibility index (Phi) is 12.7. The fraction of sp³-hybridized carbons (Fsp3) is 0.571. The molecule has 0 aromatic carbocycles. The number of esters is 2. The molecule has 0 unspecified atom stereocenters. The van der Waals surface area contributed by atoms with Crippen LogP contribution in [-0.4, -0.2) is 68.0 Å². The van der Waals surface area contributed by atoms with Crippen molar-refractivity contribution in [2.75, 3.05) is 24.7 Å². The molecule has 0 aliphatic heterocycles. The van der Waals surface area contributed by atoms with Gasteiger partial charge in [-0.15, -0.1) is 9.46 Å². The Morgan fingerprint density at radius 1 is 0.674 bits per heavy atom. The first-order chi connectivity index (χ1) is 20.1. The molecule has 6 N–H and O–H groups in total. The van der Waals surface area contributed by atoms with Crippen molar-refractivity contribution < 1.29 is 53.3 Å². The van der Waals surface area contributed by atoms with E-state index in [2.05, 4.69) is 0 Å². The Labute approximate surface area is 249 Å². The minimum atomic E-state index is -0.821. The number of aromatic hydroxyl groups is 2. The molecule has 15 heteroatoms. The third kappa shape index (κ3) is 12.6. The molecule has 2 heterocycles. The molecule has 240 valence electrons. The highest BCUT2D eigenvalue weighted by Gasteiger charge is 2.26. The molecule has 43 heavy (non-hydrogen) atoms. The van der Waals surface area contributed by atoms with E-state index in [0.717, 1.165) is 9.46 Å². The fourth-order valence-corrected chi connectivity index (χ4v) is 3.64. The molecule has 2 rings (SSSR count). The normalized spacial score (nSPS) is 11.6. The second kappa shape index (κ2) is 15.7. The molecular weight excluding hydrogens is 568 g/mol. The van der Waals surface area contributed by atoms with E-state index in [1.807, 2.05) is 13.8 Å². The molecule has 0 atom stereocenters. The van der Waals surface area contributed by atoms with E-state index in [0.29, 0.717) is 12.8 Å². The summed E-state index contributed by atoms with van der Waals surface area (Å²) >= 11 is 0. The Bertz CT molecular complexity index is 1210. The van der Waals surface area contributed by atoms with Crippen LogP contribution >= 0.6 is 0 Å². The minimum absolute atomic E-state index is 0.00404. The summed E-state index contributed by atoms with van der Waals surface area (Å²) in [5.74, 6) is -2.76. The van der Waals surface area contributed by atoms with Gasteiger partial charge in [-0.1, -0.05) is 0 Å². The van der Waals surface area contributed by atoms with E-state index in [1.54, 1.807) is 13.8 Å². The number of nitrogen functional groups attached to an aromatic ring is 2. The van der Waals surface area contributed by atoms with Crippen LogP contribution in [0.3, 0.4) is 0 Å². The van der Waals surface area contributed by atoms with Gasteiger partial charge in [0.2, 0.25) is 11.8 Å². The SMILES string of the molecule is CC(C)(CCOC(=O)CCCC(=O)On1c(N)ccc1O)OCCC(C)(C)OC(=O)CCCC(=O)On1c(N)ccc1O. The number of hydrogen-bond donors (Lipinski definition) is 4. The highest BCUT2D eigenvalue weighted by molar-refractivity contribution is 5.73. The van der Waals surface area contributed by atoms with Gasteiger partial charge in [0.25, 0.3) is 0 Å². The van der Waals surface area contributed by atoms with Crippen LogP contribution in [0.15, 0.2) is 24.3 Å². The van der Waals surface area contributed by atoms with Crippen molar-refractivity contribution in [2.24, 2.45) is 0 Å². The van der Waals surface area contributed by atoms with Crippen LogP contribution in [0.25, 0.3) is 0 Å². The van der Waals surface area contributed by atoms with Crippen molar-refractivity contribution in [3.05, 3.63) is 24.3 Å². The number of aromatic nitrogens is 2. The maximum absolute atomic E-state index is 12.3. The lowest BCUT2D eigenvalue weighted by atomic mass is 10.0. The maximum atomic E-state index is 12.3. The summed E-state index contributed by atoms with van der Waals surface area (Å²) in [5, 5.41) is 19.1. The number of hydrogen-bond acceptors (Lipinski definition) is 13. The molecule has 2 aromatic heterocycles. The lowest BCUT2D eigenvalue weighted by molar-refractivity contribution is -0.159. The zero-order valence-corrected chi connectivity index (χ0v) is 25.0. The Hall–Kier alpha value is -4.40. The summed E-state index contributed by atoms with van der Waals surface area (Å²) in [4.78, 5) is 58.0. The third-order valence-corrected chi connectivity index (χ3v) is 6.16.